The molecule has 2 aromatic heterocycles. The number of hydrogen-bond acceptors (Lipinski definition) is 7. The molecular weight excluding hydrogens is 278 g/mol. The lowest BCUT2D eigenvalue weighted by atomic mass is 9.98. The normalized spacial score (nSPS) is 19.8. The molecule has 0 spiro atoms. The highest BCUT2D eigenvalue weighted by atomic mass is 32.1. The van der Waals surface area contributed by atoms with Gasteiger partial charge in [0.2, 0.25) is 11.0 Å². The number of nitrogens with zero attached hydrogens (tertiary/aromatic N) is 4. The number of anilines is 1. The van der Waals surface area contributed by atoms with Crippen molar-refractivity contribution in [2.45, 2.75) is 38.5 Å². The molecule has 1 saturated heterocycles. The summed E-state index contributed by atoms with van der Waals surface area (Å²) in [5.41, 5.74) is 0. The molecule has 0 saturated carbocycles. The second kappa shape index (κ2) is 5.35. The summed E-state index contributed by atoms with van der Waals surface area (Å²) in [6.45, 7) is 5.89. The largest absolute Gasteiger partial charge is 0.434 e. The molecule has 1 aliphatic rings. The van der Waals surface area contributed by atoms with Gasteiger partial charge in [0.1, 0.15) is 5.82 Å². The Labute approximate surface area is 120 Å². The average Bonchev–Trinajstić information content (AvgIpc) is 3.07. The summed E-state index contributed by atoms with van der Waals surface area (Å²) in [5, 5.41) is 7.20. The van der Waals surface area contributed by atoms with Gasteiger partial charge in [0, 0.05) is 30.5 Å². The number of rotatable bonds is 3. The zero-order valence-corrected chi connectivity index (χ0v) is 12.3. The topological polar surface area (TPSA) is 87.9 Å². The molecule has 0 aromatic carbocycles. The zero-order valence-electron chi connectivity index (χ0n) is 11.5. The summed E-state index contributed by atoms with van der Waals surface area (Å²) in [6.07, 6.45) is 2.00. The van der Waals surface area contributed by atoms with E-state index in [0.717, 1.165) is 36.9 Å². The lowest BCUT2D eigenvalue weighted by Gasteiger charge is -2.30. The Morgan fingerprint density at radius 1 is 1.50 bits per heavy atom. The molecule has 1 fully saturated rings. The van der Waals surface area contributed by atoms with Gasteiger partial charge in [-0.15, -0.1) is 5.10 Å². The summed E-state index contributed by atoms with van der Waals surface area (Å²) >= 11 is 1.43. The van der Waals surface area contributed by atoms with Gasteiger partial charge in [-0.25, -0.2) is 14.9 Å². The molecule has 1 N–H and O–H groups in total. The first kappa shape index (κ1) is 13.3. The molecule has 8 heteroatoms. The Kier molecular flexibility index (Phi) is 3.56. The lowest BCUT2D eigenvalue weighted by Crippen LogP contribution is -2.34. The fraction of sp³-hybridized carbons (Fsp3) is 0.667. The molecule has 1 atom stereocenters. The fourth-order valence-corrected chi connectivity index (χ4v) is 3.20. The number of H-pyrrole nitrogens is 1. The maximum Gasteiger partial charge on any atom is 0.434 e. The third kappa shape index (κ3) is 2.60. The van der Waals surface area contributed by atoms with E-state index in [0.29, 0.717) is 11.8 Å². The fourth-order valence-electron chi connectivity index (χ4n) is 2.36. The number of hydrogen-bond donors (Lipinski definition) is 1. The quantitative estimate of drug-likeness (QED) is 0.927. The Bertz CT molecular complexity index is 632. The average molecular weight is 295 g/mol. The van der Waals surface area contributed by atoms with Gasteiger partial charge in [0.25, 0.3) is 0 Å². The Morgan fingerprint density at radius 3 is 3.00 bits per heavy atom. The van der Waals surface area contributed by atoms with Crippen LogP contribution in [0.5, 0.6) is 0 Å². The van der Waals surface area contributed by atoms with E-state index in [1.54, 1.807) is 0 Å². The van der Waals surface area contributed by atoms with E-state index in [9.17, 15) is 4.79 Å². The molecule has 0 radical (unpaired) electrons. The van der Waals surface area contributed by atoms with Crippen LogP contribution < -0.4 is 10.7 Å². The summed E-state index contributed by atoms with van der Waals surface area (Å²) < 4.78 is 9.46. The molecule has 0 aliphatic carbocycles. The van der Waals surface area contributed by atoms with Gasteiger partial charge >= 0.3 is 5.76 Å². The van der Waals surface area contributed by atoms with Gasteiger partial charge in [-0.3, -0.25) is 0 Å². The van der Waals surface area contributed by atoms with Gasteiger partial charge in [-0.2, -0.15) is 4.37 Å². The van der Waals surface area contributed by atoms with Crippen molar-refractivity contribution < 1.29 is 4.42 Å². The van der Waals surface area contributed by atoms with Crippen LogP contribution in [0.1, 0.15) is 50.2 Å². The minimum absolute atomic E-state index is 0.133. The molecular formula is C12H17N5O2S. The number of nitrogens with one attached hydrogen (secondary N) is 1. The molecule has 1 aliphatic heterocycles. The molecule has 0 bridgehead atoms. The van der Waals surface area contributed by atoms with E-state index in [-0.39, 0.29) is 5.92 Å². The van der Waals surface area contributed by atoms with Gasteiger partial charge < -0.3 is 9.32 Å². The van der Waals surface area contributed by atoms with E-state index in [4.69, 9.17) is 4.42 Å². The van der Waals surface area contributed by atoms with Crippen LogP contribution in [0.4, 0.5) is 5.13 Å². The van der Waals surface area contributed by atoms with Crippen LogP contribution in [0, 0.1) is 0 Å². The molecule has 20 heavy (non-hydrogen) atoms. The second-order valence-corrected chi connectivity index (χ2v) is 6.06. The first-order valence-electron chi connectivity index (χ1n) is 6.77. The Hall–Kier alpha value is -1.70. The molecule has 0 amide bonds. The minimum atomic E-state index is -0.491. The highest BCUT2D eigenvalue weighted by Crippen LogP contribution is 2.30. The molecule has 1 unspecified atom stereocenters. The summed E-state index contributed by atoms with van der Waals surface area (Å²) in [7, 11) is 0. The van der Waals surface area contributed by atoms with Crippen molar-refractivity contribution >= 4 is 16.7 Å². The van der Waals surface area contributed by atoms with Crippen molar-refractivity contribution in [3.63, 3.8) is 0 Å². The van der Waals surface area contributed by atoms with Crippen molar-refractivity contribution in [1.29, 1.82) is 0 Å². The van der Waals surface area contributed by atoms with Crippen LogP contribution in [0.3, 0.4) is 0 Å². The molecule has 3 rings (SSSR count). The van der Waals surface area contributed by atoms with Crippen molar-refractivity contribution in [2.75, 3.05) is 18.0 Å². The van der Waals surface area contributed by atoms with Crippen molar-refractivity contribution in [1.82, 2.24) is 19.6 Å². The summed E-state index contributed by atoms with van der Waals surface area (Å²) in [5.74, 6) is 1.36. The second-order valence-electron chi connectivity index (χ2n) is 5.33. The highest BCUT2D eigenvalue weighted by Gasteiger charge is 2.27. The van der Waals surface area contributed by atoms with E-state index < -0.39 is 5.76 Å². The number of aromatic nitrogens is 4. The number of aromatic amines is 1. The monoisotopic (exact) mass is 295 g/mol. The number of piperidine rings is 1. The maximum absolute atomic E-state index is 11.0. The van der Waals surface area contributed by atoms with Crippen LogP contribution in [-0.2, 0) is 0 Å². The van der Waals surface area contributed by atoms with E-state index in [1.165, 1.54) is 11.5 Å². The first-order chi connectivity index (χ1) is 9.63. The van der Waals surface area contributed by atoms with Crippen LogP contribution in [0.15, 0.2) is 9.21 Å². The Balaban J connectivity index is 1.75. The van der Waals surface area contributed by atoms with Gasteiger partial charge in [0.15, 0.2) is 0 Å². The highest BCUT2D eigenvalue weighted by molar-refractivity contribution is 7.09. The van der Waals surface area contributed by atoms with Crippen LogP contribution >= 0.6 is 11.5 Å². The van der Waals surface area contributed by atoms with Crippen LogP contribution in [0.2, 0.25) is 0 Å². The van der Waals surface area contributed by atoms with Gasteiger partial charge in [-0.05, 0) is 12.8 Å². The van der Waals surface area contributed by atoms with E-state index in [2.05, 4.69) is 38.3 Å². The van der Waals surface area contributed by atoms with Crippen molar-refractivity contribution in [2.24, 2.45) is 0 Å². The van der Waals surface area contributed by atoms with Gasteiger partial charge in [0.05, 0.1) is 5.92 Å². The Morgan fingerprint density at radius 2 is 2.35 bits per heavy atom. The molecule has 108 valence electrons. The minimum Gasteiger partial charge on any atom is -0.392 e. The van der Waals surface area contributed by atoms with Gasteiger partial charge in [-0.1, -0.05) is 13.8 Å². The van der Waals surface area contributed by atoms with Crippen LogP contribution in [-0.4, -0.2) is 32.6 Å². The van der Waals surface area contributed by atoms with Crippen molar-refractivity contribution in [3.8, 4) is 0 Å². The van der Waals surface area contributed by atoms with Crippen LogP contribution in [0.25, 0.3) is 0 Å². The molecule has 3 heterocycles. The summed E-state index contributed by atoms with van der Waals surface area (Å²) in [4.78, 5) is 17.8. The zero-order chi connectivity index (χ0) is 14.1. The standard InChI is InChI=1S/C12H17N5O2S/c1-7(2)9-13-11(20-16-9)17-5-3-4-8(6-17)10-14-15-12(18)19-10/h7-8H,3-6H2,1-2H3,(H,15,18). The smallest absolute Gasteiger partial charge is 0.392 e. The molecule has 2 aromatic rings. The third-order valence-corrected chi connectivity index (χ3v) is 4.23. The van der Waals surface area contributed by atoms with E-state index in [1.807, 2.05) is 0 Å². The summed E-state index contributed by atoms with van der Waals surface area (Å²) in [6, 6.07) is 0. The third-order valence-electron chi connectivity index (χ3n) is 3.44. The SMILES string of the molecule is CC(C)c1nsc(N2CCCC(c3n[nH]c(=O)o3)C2)n1. The predicted octanol–water partition coefficient (Wildman–Crippen LogP) is 1.72. The maximum atomic E-state index is 11.0. The predicted molar refractivity (Wildman–Crippen MR) is 75.3 cm³/mol. The lowest BCUT2D eigenvalue weighted by molar-refractivity contribution is 0.385. The van der Waals surface area contributed by atoms with E-state index >= 15 is 0 Å². The first-order valence-corrected chi connectivity index (χ1v) is 7.55. The molecule has 7 nitrogen and oxygen atoms in total. The van der Waals surface area contributed by atoms with Crippen molar-refractivity contribution in [3.05, 3.63) is 22.3 Å².